The van der Waals surface area contributed by atoms with Crippen molar-refractivity contribution in [3.63, 3.8) is 0 Å². The maximum absolute atomic E-state index is 11.5. The van der Waals surface area contributed by atoms with Crippen LogP contribution < -0.4 is 0 Å². The van der Waals surface area contributed by atoms with Crippen LogP contribution in [0.4, 0.5) is 0 Å². The standard InChI is InChI=1S/C14H28O4/c1-4-7-10-17-14(18-11-8-5-2)12-13(15)16-9-6-3/h14H,4-12H2,1-3H3. The molecule has 0 rings (SSSR count). The van der Waals surface area contributed by atoms with Gasteiger partial charge in [-0.1, -0.05) is 33.6 Å². The van der Waals surface area contributed by atoms with Gasteiger partial charge in [0.1, 0.15) is 0 Å². The molecule has 0 aliphatic carbocycles. The van der Waals surface area contributed by atoms with Crippen LogP contribution >= 0.6 is 0 Å². The molecule has 0 spiro atoms. The summed E-state index contributed by atoms with van der Waals surface area (Å²) >= 11 is 0. The number of unbranched alkanes of at least 4 members (excludes halogenated alkanes) is 2. The minimum atomic E-state index is -0.451. The Kier molecular flexibility index (Phi) is 12.4. The fourth-order valence-electron chi connectivity index (χ4n) is 1.30. The molecule has 4 nitrogen and oxygen atoms in total. The van der Waals surface area contributed by atoms with Gasteiger partial charge in [-0.05, 0) is 19.3 Å². The van der Waals surface area contributed by atoms with Crippen molar-refractivity contribution in [2.45, 2.75) is 65.6 Å². The molecule has 4 heteroatoms. The number of rotatable bonds is 12. The van der Waals surface area contributed by atoms with Crippen LogP contribution in [0.2, 0.25) is 0 Å². The van der Waals surface area contributed by atoms with E-state index in [2.05, 4.69) is 13.8 Å². The summed E-state index contributed by atoms with van der Waals surface area (Å²) in [5, 5.41) is 0. The molecule has 0 saturated carbocycles. The quantitative estimate of drug-likeness (QED) is 0.307. The molecule has 108 valence electrons. The second kappa shape index (κ2) is 12.8. The monoisotopic (exact) mass is 260 g/mol. The highest BCUT2D eigenvalue weighted by Crippen LogP contribution is 2.06. The van der Waals surface area contributed by atoms with Crippen LogP contribution in [0.1, 0.15) is 59.3 Å². The summed E-state index contributed by atoms with van der Waals surface area (Å²) in [6.45, 7) is 7.91. The van der Waals surface area contributed by atoms with Gasteiger partial charge in [0.05, 0.1) is 13.0 Å². The molecule has 0 aromatic carbocycles. The first-order valence-corrected chi connectivity index (χ1v) is 7.13. The fourth-order valence-corrected chi connectivity index (χ4v) is 1.30. The average molecular weight is 260 g/mol. The van der Waals surface area contributed by atoms with Gasteiger partial charge < -0.3 is 14.2 Å². The Morgan fingerprint density at radius 1 is 0.889 bits per heavy atom. The highest BCUT2D eigenvalue weighted by molar-refractivity contribution is 5.69. The molecule has 0 aromatic rings. The summed E-state index contributed by atoms with van der Waals surface area (Å²) in [6, 6.07) is 0. The maximum atomic E-state index is 11.5. The highest BCUT2D eigenvalue weighted by Gasteiger charge is 2.15. The van der Waals surface area contributed by atoms with Crippen molar-refractivity contribution in [3.05, 3.63) is 0 Å². The number of esters is 1. The summed E-state index contributed by atoms with van der Waals surface area (Å²) in [5.41, 5.74) is 0. The third-order valence-corrected chi connectivity index (χ3v) is 2.40. The van der Waals surface area contributed by atoms with E-state index in [9.17, 15) is 4.79 Å². The Bertz CT molecular complexity index is 184. The topological polar surface area (TPSA) is 44.8 Å². The van der Waals surface area contributed by atoms with E-state index in [1.165, 1.54) is 0 Å². The lowest BCUT2D eigenvalue weighted by Crippen LogP contribution is -2.23. The van der Waals surface area contributed by atoms with E-state index in [-0.39, 0.29) is 12.4 Å². The summed E-state index contributed by atoms with van der Waals surface area (Å²) < 4.78 is 16.1. The second-order valence-electron chi connectivity index (χ2n) is 4.30. The Hall–Kier alpha value is -0.610. The lowest BCUT2D eigenvalue weighted by Gasteiger charge is -2.17. The van der Waals surface area contributed by atoms with Crippen molar-refractivity contribution in [3.8, 4) is 0 Å². The van der Waals surface area contributed by atoms with Gasteiger partial charge in [-0.15, -0.1) is 0 Å². The van der Waals surface area contributed by atoms with Crippen LogP contribution in [-0.4, -0.2) is 32.1 Å². The number of carbonyl (C=O) groups is 1. The lowest BCUT2D eigenvalue weighted by atomic mass is 10.3. The molecule has 0 bridgehead atoms. The molecule has 0 atom stereocenters. The van der Waals surface area contributed by atoms with Crippen LogP contribution in [0, 0.1) is 0 Å². The molecule has 0 heterocycles. The van der Waals surface area contributed by atoms with Gasteiger partial charge >= 0.3 is 5.97 Å². The molecule has 0 amide bonds. The Balaban J connectivity index is 3.89. The molecule has 0 aromatic heterocycles. The van der Waals surface area contributed by atoms with Crippen LogP contribution in [0.25, 0.3) is 0 Å². The smallest absolute Gasteiger partial charge is 0.310 e. The van der Waals surface area contributed by atoms with Crippen LogP contribution in [0.15, 0.2) is 0 Å². The van der Waals surface area contributed by atoms with Gasteiger partial charge in [-0.25, -0.2) is 0 Å². The molecule has 0 aliphatic heterocycles. The van der Waals surface area contributed by atoms with Gasteiger partial charge in [0.2, 0.25) is 0 Å². The predicted molar refractivity (Wildman–Crippen MR) is 71.4 cm³/mol. The normalized spacial score (nSPS) is 10.9. The van der Waals surface area contributed by atoms with Crippen molar-refractivity contribution in [2.24, 2.45) is 0 Å². The molecule has 0 saturated heterocycles. The van der Waals surface area contributed by atoms with Gasteiger partial charge in [0.15, 0.2) is 6.29 Å². The summed E-state index contributed by atoms with van der Waals surface area (Å²) in [5.74, 6) is -0.241. The molecule has 0 fully saturated rings. The van der Waals surface area contributed by atoms with E-state index >= 15 is 0 Å². The van der Waals surface area contributed by atoms with E-state index < -0.39 is 6.29 Å². The van der Waals surface area contributed by atoms with Crippen LogP contribution in [0.5, 0.6) is 0 Å². The third kappa shape index (κ3) is 10.5. The van der Waals surface area contributed by atoms with Gasteiger partial charge in [-0.2, -0.15) is 0 Å². The van der Waals surface area contributed by atoms with Crippen LogP contribution in [0.3, 0.4) is 0 Å². The molecule has 0 aliphatic rings. The molecule has 0 radical (unpaired) electrons. The average Bonchev–Trinajstić information content (AvgIpc) is 2.36. The van der Waals surface area contributed by atoms with Gasteiger partial charge in [0, 0.05) is 13.2 Å². The van der Waals surface area contributed by atoms with E-state index in [1.807, 2.05) is 6.92 Å². The minimum absolute atomic E-state index is 0.188. The SMILES string of the molecule is CCCCOC(CC(=O)OCCC)OCCCC. The zero-order valence-electron chi connectivity index (χ0n) is 12.1. The largest absolute Gasteiger partial charge is 0.466 e. The molecule has 0 N–H and O–H groups in total. The number of carbonyl (C=O) groups excluding carboxylic acids is 1. The highest BCUT2D eigenvalue weighted by atomic mass is 16.7. The summed E-state index contributed by atoms with van der Waals surface area (Å²) in [6.07, 6.45) is 4.68. The first kappa shape index (κ1) is 17.4. The van der Waals surface area contributed by atoms with Crippen LogP contribution in [-0.2, 0) is 19.0 Å². The molecule has 0 unspecified atom stereocenters. The zero-order valence-corrected chi connectivity index (χ0v) is 12.1. The Labute approximate surface area is 111 Å². The molecular formula is C14H28O4. The van der Waals surface area contributed by atoms with Crippen molar-refractivity contribution >= 4 is 5.97 Å². The van der Waals surface area contributed by atoms with E-state index in [0.29, 0.717) is 19.8 Å². The first-order chi connectivity index (χ1) is 8.74. The van der Waals surface area contributed by atoms with E-state index in [4.69, 9.17) is 14.2 Å². The third-order valence-electron chi connectivity index (χ3n) is 2.40. The van der Waals surface area contributed by atoms with Crippen molar-refractivity contribution in [2.75, 3.05) is 19.8 Å². The fraction of sp³-hybridized carbons (Fsp3) is 0.929. The van der Waals surface area contributed by atoms with Crippen molar-refractivity contribution in [1.82, 2.24) is 0 Å². The van der Waals surface area contributed by atoms with E-state index in [1.54, 1.807) is 0 Å². The number of hydrogen-bond donors (Lipinski definition) is 0. The summed E-state index contributed by atoms with van der Waals surface area (Å²) in [4.78, 5) is 11.5. The van der Waals surface area contributed by atoms with Gasteiger partial charge in [-0.3, -0.25) is 4.79 Å². The number of ether oxygens (including phenoxy) is 3. The number of hydrogen-bond acceptors (Lipinski definition) is 4. The Morgan fingerprint density at radius 3 is 1.89 bits per heavy atom. The zero-order chi connectivity index (χ0) is 13.6. The molecule has 18 heavy (non-hydrogen) atoms. The van der Waals surface area contributed by atoms with E-state index in [0.717, 1.165) is 32.1 Å². The predicted octanol–water partition coefficient (Wildman–Crippen LogP) is 3.29. The molecular weight excluding hydrogens is 232 g/mol. The second-order valence-corrected chi connectivity index (χ2v) is 4.30. The Morgan fingerprint density at radius 2 is 1.44 bits per heavy atom. The summed E-state index contributed by atoms with van der Waals surface area (Å²) in [7, 11) is 0. The first-order valence-electron chi connectivity index (χ1n) is 7.13. The van der Waals surface area contributed by atoms with Crippen molar-refractivity contribution in [1.29, 1.82) is 0 Å². The van der Waals surface area contributed by atoms with Gasteiger partial charge in [0.25, 0.3) is 0 Å². The lowest BCUT2D eigenvalue weighted by molar-refractivity contribution is -0.171. The van der Waals surface area contributed by atoms with Crippen molar-refractivity contribution < 1.29 is 19.0 Å². The maximum Gasteiger partial charge on any atom is 0.310 e. The minimum Gasteiger partial charge on any atom is -0.466 e.